The van der Waals surface area contributed by atoms with Gasteiger partial charge in [0.05, 0.1) is 13.2 Å². The normalized spacial score (nSPS) is 14.8. The van der Waals surface area contributed by atoms with E-state index in [-0.39, 0.29) is 5.91 Å². The molecule has 1 aromatic heterocycles. The summed E-state index contributed by atoms with van der Waals surface area (Å²) in [6, 6.07) is 9.63. The molecule has 1 aliphatic heterocycles. The molecule has 2 heterocycles. The summed E-state index contributed by atoms with van der Waals surface area (Å²) in [7, 11) is 0. The maximum Gasteiger partial charge on any atom is 0.270 e. The number of anilines is 2. The highest BCUT2D eigenvalue weighted by molar-refractivity contribution is 5.92. The molecular formula is C19H25N5O2. The third-order valence-electron chi connectivity index (χ3n) is 4.35. The van der Waals surface area contributed by atoms with E-state index in [1.54, 1.807) is 12.3 Å². The fourth-order valence-corrected chi connectivity index (χ4v) is 2.86. The number of nitrogens with zero attached hydrogens (tertiary/aromatic N) is 3. The smallest absolute Gasteiger partial charge is 0.270 e. The molecule has 1 aliphatic rings. The van der Waals surface area contributed by atoms with Gasteiger partial charge < -0.3 is 15.4 Å². The molecule has 1 aromatic carbocycles. The van der Waals surface area contributed by atoms with Crippen molar-refractivity contribution in [3.8, 4) is 0 Å². The number of carbonyl (C=O) groups excluding carboxylic acids is 1. The Kier molecular flexibility index (Phi) is 6.51. The number of ether oxygens (including phenoxy) is 1. The van der Waals surface area contributed by atoms with Crippen molar-refractivity contribution in [1.29, 1.82) is 0 Å². The maximum atomic E-state index is 12.3. The Morgan fingerprint density at radius 1 is 1.23 bits per heavy atom. The van der Waals surface area contributed by atoms with Crippen LogP contribution in [-0.2, 0) is 11.2 Å². The second kappa shape index (κ2) is 9.26. The number of aryl methyl sites for hydroxylation is 1. The van der Waals surface area contributed by atoms with Crippen LogP contribution in [0.15, 0.2) is 36.5 Å². The number of para-hydroxylation sites is 1. The molecule has 0 radical (unpaired) electrons. The molecule has 3 rings (SSSR count). The van der Waals surface area contributed by atoms with E-state index in [9.17, 15) is 4.79 Å². The van der Waals surface area contributed by atoms with Crippen LogP contribution in [0.25, 0.3) is 0 Å². The number of morpholine rings is 1. The van der Waals surface area contributed by atoms with E-state index in [4.69, 9.17) is 4.74 Å². The van der Waals surface area contributed by atoms with Crippen LogP contribution in [0.2, 0.25) is 0 Å². The van der Waals surface area contributed by atoms with Gasteiger partial charge in [-0.05, 0) is 24.1 Å². The zero-order chi connectivity index (χ0) is 18.2. The minimum atomic E-state index is -0.188. The first-order valence-electron chi connectivity index (χ1n) is 9.02. The van der Waals surface area contributed by atoms with Gasteiger partial charge in [0.1, 0.15) is 5.69 Å². The molecule has 26 heavy (non-hydrogen) atoms. The average Bonchev–Trinajstić information content (AvgIpc) is 2.69. The van der Waals surface area contributed by atoms with E-state index in [1.807, 2.05) is 18.2 Å². The number of amides is 1. The SMILES string of the molecule is CCc1ccccc1Nc1nccc(C(=O)NCCN2CCOCC2)n1. The first-order chi connectivity index (χ1) is 12.8. The van der Waals surface area contributed by atoms with Crippen molar-refractivity contribution in [3.05, 3.63) is 47.8 Å². The Balaban J connectivity index is 1.56. The molecule has 138 valence electrons. The van der Waals surface area contributed by atoms with E-state index in [0.717, 1.165) is 45.0 Å². The Bertz CT molecular complexity index is 731. The van der Waals surface area contributed by atoms with Crippen LogP contribution in [0.5, 0.6) is 0 Å². The van der Waals surface area contributed by atoms with Crippen LogP contribution in [0.3, 0.4) is 0 Å². The number of hydrogen-bond acceptors (Lipinski definition) is 6. The lowest BCUT2D eigenvalue weighted by atomic mass is 10.1. The van der Waals surface area contributed by atoms with Crippen molar-refractivity contribution in [2.24, 2.45) is 0 Å². The summed E-state index contributed by atoms with van der Waals surface area (Å²) in [6.07, 6.45) is 2.51. The third kappa shape index (κ3) is 5.00. The minimum Gasteiger partial charge on any atom is -0.379 e. The summed E-state index contributed by atoms with van der Waals surface area (Å²) >= 11 is 0. The Morgan fingerprint density at radius 2 is 2.04 bits per heavy atom. The quantitative estimate of drug-likeness (QED) is 0.789. The molecule has 2 N–H and O–H groups in total. The molecule has 1 amide bonds. The van der Waals surface area contributed by atoms with Gasteiger partial charge in [-0.3, -0.25) is 9.69 Å². The summed E-state index contributed by atoms with van der Waals surface area (Å²) < 4.78 is 5.32. The minimum absolute atomic E-state index is 0.188. The van der Waals surface area contributed by atoms with Crippen LogP contribution < -0.4 is 10.6 Å². The number of aromatic nitrogens is 2. The molecule has 0 saturated carbocycles. The lowest BCUT2D eigenvalue weighted by molar-refractivity contribution is 0.0383. The van der Waals surface area contributed by atoms with Gasteiger partial charge >= 0.3 is 0 Å². The predicted molar refractivity (Wildman–Crippen MR) is 101 cm³/mol. The van der Waals surface area contributed by atoms with Gasteiger partial charge in [0.25, 0.3) is 5.91 Å². The highest BCUT2D eigenvalue weighted by Crippen LogP contribution is 2.18. The van der Waals surface area contributed by atoms with Gasteiger partial charge in [-0.2, -0.15) is 0 Å². The first-order valence-corrected chi connectivity index (χ1v) is 9.02. The third-order valence-corrected chi connectivity index (χ3v) is 4.35. The molecule has 0 spiro atoms. The van der Waals surface area contributed by atoms with Gasteiger partial charge in [-0.15, -0.1) is 0 Å². The summed E-state index contributed by atoms with van der Waals surface area (Å²) in [5.41, 5.74) is 2.50. The molecule has 2 aromatic rings. The molecular weight excluding hydrogens is 330 g/mol. The van der Waals surface area contributed by atoms with Gasteiger partial charge in [-0.25, -0.2) is 9.97 Å². The van der Waals surface area contributed by atoms with Gasteiger partial charge in [0.2, 0.25) is 5.95 Å². The largest absolute Gasteiger partial charge is 0.379 e. The van der Waals surface area contributed by atoms with E-state index in [0.29, 0.717) is 18.2 Å². The molecule has 1 saturated heterocycles. The molecule has 1 fully saturated rings. The Labute approximate surface area is 153 Å². The topological polar surface area (TPSA) is 79.4 Å². The average molecular weight is 355 g/mol. The first kappa shape index (κ1) is 18.3. The highest BCUT2D eigenvalue weighted by atomic mass is 16.5. The summed E-state index contributed by atoms with van der Waals surface area (Å²) in [5, 5.41) is 6.12. The molecule has 0 unspecified atom stereocenters. The van der Waals surface area contributed by atoms with Crippen molar-refractivity contribution in [2.75, 3.05) is 44.7 Å². The van der Waals surface area contributed by atoms with E-state index in [2.05, 4.69) is 38.5 Å². The van der Waals surface area contributed by atoms with Crippen molar-refractivity contribution < 1.29 is 9.53 Å². The summed E-state index contributed by atoms with van der Waals surface area (Å²) in [5.74, 6) is 0.235. The Hall–Kier alpha value is -2.51. The van der Waals surface area contributed by atoms with Gasteiger partial charge in [0, 0.05) is 38.1 Å². The monoisotopic (exact) mass is 355 g/mol. The Morgan fingerprint density at radius 3 is 2.85 bits per heavy atom. The highest BCUT2D eigenvalue weighted by Gasteiger charge is 2.12. The van der Waals surface area contributed by atoms with Crippen LogP contribution in [0, 0.1) is 0 Å². The maximum absolute atomic E-state index is 12.3. The zero-order valence-electron chi connectivity index (χ0n) is 15.1. The summed E-state index contributed by atoms with van der Waals surface area (Å²) in [4.78, 5) is 23.2. The van der Waals surface area contributed by atoms with Crippen LogP contribution >= 0.6 is 0 Å². The predicted octanol–water partition coefficient (Wildman–Crippen LogP) is 1.84. The fraction of sp³-hybridized carbons (Fsp3) is 0.421. The summed E-state index contributed by atoms with van der Waals surface area (Å²) in [6.45, 7) is 6.84. The fourth-order valence-electron chi connectivity index (χ4n) is 2.86. The van der Waals surface area contributed by atoms with Crippen LogP contribution in [0.1, 0.15) is 23.0 Å². The van der Waals surface area contributed by atoms with Crippen molar-refractivity contribution in [2.45, 2.75) is 13.3 Å². The zero-order valence-corrected chi connectivity index (χ0v) is 15.1. The van der Waals surface area contributed by atoms with Crippen LogP contribution in [0.4, 0.5) is 11.6 Å². The van der Waals surface area contributed by atoms with Crippen molar-refractivity contribution in [3.63, 3.8) is 0 Å². The number of hydrogen-bond donors (Lipinski definition) is 2. The molecule has 7 heteroatoms. The number of benzene rings is 1. The van der Waals surface area contributed by atoms with Crippen LogP contribution in [-0.4, -0.2) is 60.2 Å². The number of carbonyl (C=O) groups is 1. The number of rotatable bonds is 7. The van der Waals surface area contributed by atoms with E-state index in [1.165, 1.54) is 5.56 Å². The van der Waals surface area contributed by atoms with Crippen molar-refractivity contribution in [1.82, 2.24) is 20.2 Å². The molecule has 0 aliphatic carbocycles. The lowest BCUT2D eigenvalue weighted by Crippen LogP contribution is -2.41. The van der Waals surface area contributed by atoms with Gasteiger partial charge in [0.15, 0.2) is 0 Å². The lowest BCUT2D eigenvalue weighted by Gasteiger charge is -2.26. The second-order valence-corrected chi connectivity index (χ2v) is 6.11. The van der Waals surface area contributed by atoms with Crippen molar-refractivity contribution >= 4 is 17.5 Å². The van der Waals surface area contributed by atoms with E-state index >= 15 is 0 Å². The number of nitrogens with one attached hydrogen (secondary N) is 2. The molecule has 0 bridgehead atoms. The van der Waals surface area contributed by atoms with Gasteiger partial charge in [-0.1, -0.05) is 25.1 Å². The molecule has 0 atom stereocenters. The standard InChI is InChI=1S/C19H25N5O2/c1-2-15-5-3-4-6-16(15)22-19-21-8-7-17(23-19)18(25)20-9-10-24-11-13-26-14-12-24/h3-8H,2,9-14H2,1H3,(H,20,25)(H,21,22,23). The van der Waals surface area contributed by atoms with E-state index < -0.39 is 0 Å². The molecule has 7 nitrogen and oxygen atoms in total. The second-order valence-electron chi connectivity index (χ2n) is 6.11.